The number of benzene rings is 1. The van der Waals surface area contributed by atoms with E-state index >= 15 is 0 Å². The van der Waals surface area contributed by atoms with Gasteiger partial charge >= 0.3 is 0 Å². The Morgan fingerprint density at radius 1 is 1.21 bits per heavy atom. The molecule has 2 aromatic heterocycles. The van der Waals surface area contributed by atoms with Crippen LogP contribution in [0.25, 0.3) is 11.1 Å². The lowest BCUT2D eigenvalue weighted by Gasteiger charge is -2.24. The molecule has 4 N–H and O–H groups in total. The first kappa shape index (κ1) is 25.9. The number of nitrogen functional groups attached to an aromatic ring is 1. The van der Waals surface area contributed by atoms with E-state index < -0.39 is 29.4 Å². The van der Waals surface area contributed by atoms with Gasteiger partial charge in [0.05, 0.1) is 38.4 Å². The molecule has 3 aromatic rings. The van der Waals surface area contributed by atoms with Crippen LogP contribution in [0.5, 0.6) is 0 Å². The molecule has 1 atom stereocenters. The minimum Gasteiger partial charge on any atom is -0.384 e. The maximum atomic E-state index is 14.8. The molecule has 1 spiro atoms. The Hall–Kier alpha value is -3.74. The molecule has 0 saturated carbocycles. The average molecular weight is 542 g/mol. The van der Waals surface area contributed by atoms with E-state index in [1.165, 1.54) is 52.8 Å². The molecular formula is C26H25F2N5O4S. The number of aromatic nitrogens is 1. The summed E-state index contributed by atoms with van der Waals surface area (Å²) in [5.74, 6) is -2.94. The Balaban J connectivity index is 1.29. The Kier molecular flexibility index (Phi) is 7.19. The molecule has 2 aliphatic rings. The normalized spacial score (nSPS) is 18.2. The molecule has 2 fully saturated rings. The highest BCUT2D eigenvalue weighted by atomic mass is 32.1. The monoisotopic (exact) mass is 541 g/mol. The number of amides is 2. The third-order valence-electron chi connectivity index (χ3n) is 6.53. The van der Waals surface area contributed by atoms with Crippen molar-refractivity contribution >= 4 is 29.0 Å². The molecule has 0 bridgehead atoms. The van der Waals surface area contributed by atoms with Gasteiger partial charge in [-0.15, -0.1) is 11.3 Å². The van der Waals surface area contributed by atoms with E-state index in [0.717, 1.165) is 4.88 Å². The van der Waals surface area contributed by atoms with E-state index in [-0.39, 0.29) is 48.9 Å². The Labute approximate surface area is 221 Å². The minimum atomic E-state index is -1.06. The van der Waals surface area contributed by atoms with Crippen molar-refractivity contribution in [3.8, 4) is 11.1 Å². The number of likely N-dealkylation sites (tertiary alicyclic amines) is 1. The predicted molar refractivity (Wildman–Crippen MR) is 135 cm³/mol. The second-order valence-electron chi connectivity index (χ2n) is 9.12. The number of carbonyl (C=O) groups is 2. The molecule has 198 valence electrons. The summed E-state index contributed by atoms with van der Waals surface area (Å²) in [5.41, 5.74) is 6.93. The number of nitrogens with zero attached hydrogens (tertiary/aromatic N) is 2. The third-order valence-corrected chi connectivity index (χ3v) is 7.46. The number of thiophene rings is 1. The Morgan fingerprint density at radius 3 is 2.61 bits per heavy atom. The zero-order chi connectivity index (χ0) is 26.9. The summed E-state index contributed by atoms with van der Waals surface area (Å²) in [6, 6.07) is 7.41. The SMILES string of the molecule is N=C(N)c1csc(CNC(=O)C2CC3(CN2C(=O)Cc2cc(F)c(-c4ccc(F)cc4)cn2)OCCO3)c1. The van der Waals surface area contributed by atoms with Crippen LogP contribution in [0.15, 0.2) is 48.0 Å². The maximum Gasteiger partial charge on any atom is 0.243 e. The minimum absolute atomic E-state index is 0.0559. The summed E-state index contributed by atoms with van der Waals surface area (Å²) >= 11 is 1.36. The molecule has 9 nitrogen and oxygen atoms in total. The van der Waals surface area contributed by atoms with E-state index in [2.05, 4.69) is 10.3 Å². The summed E-state index contributed by atoms with van der Waals surface area (Å²) in [4.78, 5) is 32.9. The maximum absolute atomic E-state index is 14.8. The largest absolute Gasteiger partial charge is 0.384 e. The number of nitrogens with two attached hydrogens (primary N) is 1. The first-order valence-electron chi connectivity index (χ1n) is 11.9. The predicted octanol–water partition coefficient (Wildman–Crippen LogP) is 2.58. The van der Waals surface area contributed by atoms with Gasteiger partial charge in [0.2, 0.25) is 11.8 Å². The van der Waals surface area contributed by atoms with Gasteiger partial charge < -0.3 is 25.4 Å². The van der Waals surface area contributed by atoms with Crippen LogP contribution in [0.2, 0.25) is 0 Å². The molecule has 1 unspecified atom stereocenters. The van der Waals surface area contributed by atoms with Crippen molar-refractivity contribution in [2.45, 2.75) is 31.2 Å². The highest BCUT2D eigenvalue weighted by Gasteiger charge is 2.52. The van der Waals surface area contributed by atoms with Gasteiger partial charge in [-0.3, -0.25) is 20.0 Å². The highest BCUT2D eigenvalue weighted by Crippen LogP contribution is 2.35. The molecule has 2 saturated heterocycles. The van der Waals surface area contributed by atoms with Gasteiger partial charge in [0.1, 0.15) is 23.5 Å². The van der Waals surface area contributed by atoms with Gasteiger partial charge in [0, 0.05) is 34.0 Å². The van der Waals surface area contributed by atoms with Gasteiger partial charge in [0.15, 0.2) is 5.79 Å². The lowest BCUT2D eigenvalue weighted by molar-refractivity contribution is -0.152. The summed E-state index contributed by atoms with van der Waals surface area (Å²) in [5, 5.41) is 12.1. The van der Waals surface area contributed by atoms with Gasteiger partial charge in [0.25, 0.3) is 0 Å². The molecule has 0 radical (unpaired) electrons. The van der Waals surface area contributed by atoms with Crippen molar-refractivity contribution in [1.82, 2.24) is 15.2 Å². The fourth-order valence-electron chi connectivity index (χ4n) is 4.61. The van der Waals surface area contributed by atoms with Gasteiger partial charge in [-0.05, 0) is 29.8 Å². The van der Waals surface area contributed by atoms with Gasteiger partial charge in [-0.1, -0.05) is 12.1 Å². The standard InChI is InChI=1S/C26H25F2N5O4S/c27-17-3-1-15(2-4-17)20-12-31-18(8-21(20)28)9-23(34)33-14-26(36-5-6-37-26)10-22(33)25(35)32-11-19-7-16(13-38-19)24(29)30/h1-4,7-8,12-13,22H,5-6,9-11,14H2,(H3,29,30)(H,32,35). The molecule has 38 heavy (non-hydrogen) atoms. The summed E-state index contributed by atoms with van der Waals surface area (Å²) in [6.45, 7) is 0.989. The second kappa shape index (κ2) is 10.6. The van der Waals surface area contributed by atoms with Crippen LogP contribution in [-0.2, 0) is 32.0 Å². The number of halogens is 2. The molecule has 0 aliphatic carbocycles. The van der Waals surface area contributed by atoms with Gasteiger partial charge in [-0.2, -0.15) is 0 Å². The van der Waals surface area contributed by atoms with E-state index in [1.807, 2.05) is 0 Å². The number of amidine groups is 1. The molecular weight excluding hydrogens is 516 g/mol. The number of hydrogen-bond acceptors (Lipinski definition) is 7. The van der Waals surface area contributed by atoms with E-state index in [9.17, 15) is 18.4 Å². The van der Waals surface area contributed by atoms with Crippen molar-refractivity contribution < 1.29 is 27.8 Å². The zero-order valence-corrected chi connectivity index (χ0v) is 21.0. The van der Waals surface area contributed by atoms with Crippen LogP contribution < -0.4 is 11.1 Å². The summed E-state index contributed by atoms with van der Waals surface area (Å²) < 4.78 is 39.6. The molecule has 5 rings (SSSR count). The number of ether oxygens (including phenoxy) is 2. The van der Waals surface area contributed by atoms with Crippen LogP contribution in [0.4, 0.5) is 8.78 Å². The number of pyridine rings is 1. The number of hydrogen-bond donors (Lipinski definition) is 3. The number of nitrogens with one attached hydrogen (secondary N) is 2. The fraction of sp³-hybridized carbons (Fsp3) is 0.308. The summed E-state index contributed by atoms with van der Waals surface area (Å²) in [7, 11) is 0. The average Bonchev–Trinajstić information content (AvgIpc) is 3.64. The Bertz CT molecular complexity index is 1370. The van der Waals surface area contributed by atoms with Crippen molar-refractivity contribution in [2.75, 3.05) is 19.8 Å². The van der Waals surface area contributed by atoms with Crippen LogP contribution in [0.3, 0.4) is 0 Å². The molecule has 2 amide bonds. The van der Waals surface area contributed by atoms with Crippen molar-refractivity contribution in [3.63, 3.8) is 0 Å². The third kappa shape index (κ3) is 5.42. The topological polar surface area (TPSA) is 131 Å². The smallest absolute Gasteiger partial charge is 0.243 e. The lowest BCUT2D eigenvalue weighted by atomic mass is 10.1. The molecule has 4 heterocycles. The van der Waals surface area contributed by atoms with Crippen molar-refractivity contribution in [1.29, 1.82) is 5.41 Å². The summed E-state index contributed by atoms with van der Waals surface area (Å²) in [6.07, 6.45) is 1.24. The molecule has 1 aromatic carbocycles. The van der Waals surface area contributed by atoms with Crippen LogP contribution >= 0.6 is 11.3 Å². The van der Waals surface area contributed by atoms with E-state index in [1.54, 1.807) is 11.4 Å². The van der Waals surface area contributed by atoms with Crippen LogP contribution in [-0.4, -0.2) is 59.1 Å². The quantitative estimate of drug-likeness (QED) is 0.311. The van der Waals surface area contributed by atoms with E-state index in [0.29, 0.717) is 24.3 Å². The first-order valence-corrected chi connectivity index (χ1v) is 12.8. The molecule has 12 heteroatoms. The van der Waals surface area contributed by atoms with E-state index in [4.69, 9.17) is 20.6 Å². The number of rotatable bonds is 7. The van der Waals surface area contributed by atoms with Crippen LogP contribution in [0.1, 0.15) is 22.6 Å². The van der Waals surface area contributed by atoms with Gasteiger partial charge in [-0.25, -0.2) is 8.78 Å². The Morgan fingerprint density at radius 2 is 1.95 bits per heavy atom. The lowest BCUT2D eigenvalue weighted by Crippen LogP contribution is -2.46. The van der Waals surface area contributed by atoms with Crippen LogP contribution in [0, 0.1) is 17.0 Å². The second-order valence-corrected chi connectivity index (χ2v) is 10.1. The molecule has 2 aliphatic heterocycles. The first-order chi connectivity index (χ1) is 18.2. The zero-order valence-electron chi connectivity index (χ0n) is 20.2. The number of carbonyl (C=O) groups excluding carboxylic acids is 2. The van der Waals surface area contributed by atoms with Crippen molar-refractivity contribution in [2.24, 2.45) is 5.73 Å². The fourth-order valence-corrected chi connectivity index (χ4v) is 5.44. The highest BCUT2D eigenvalue weighted by molar-refractivity contribution is 7.10. The van der Waals surface area contributed by atoms with Crippen molar-refractivity contribution in [3.05, 3.63) is 75.7 Å².